The van der Waals surface area contributed by atoms with Gasteiger partial charge in [0.15, 0.2) is 5.82 Å². The van der Waals surface area contributed by atoms with Gasteiger partial charge in [0.2, 0.25) is 11.8 Å². The van der Waals surface area contributed by atoms with Crippen LogP contribution in [0.3, 0.4) is 0 Å². The molecule has 0 bridgehead atoms. The van der Waals surface area contributed by atoms with Gasteiger partial charge < -0.3 is 16.0 Å². The summed E-state index contributed by atoms with van der Waals surface area (Å²) in [5, 5.41) is 6.88. The van der Waals surface area contributed by atoms with Crippen LogP contribution in [0.2, 0.25) is 0 Å². The highest BCUT2D eigenvalue weighted by molar-refractivity contribution is 5.96. The first-order chi connectivity index (χ1) is 13.1. The number of benzene rings is 1. The molecule has 3 aromatic rings. The van der Waals surface area contributed by atoms with Crippen LogP contribution in [0.25, 0.3) is 5.82 Å². The molecule has 1 aromatic carbocycles. The minimum absolute atomic E-state index is 0.0800. The molecule has 0 aliphatic carbocycles. The number of nitrogens with one attached hydrogen (secondary N) is 1. The predicted octanol–water partition coefficient (Wildman–Crippen LogP) is 0.231. The smallest absolute Gasteiger partial charge is 0.248 e. The molecular formula is C17H16N8O2. The van der Waals surface area contributed by atoms with E-state index in [9.17, 15) is 9.59 Å². The van der Waals surface area contributed by atoms with E-state index in [2.05, 4.69) is 25.4 Å². The van der Waals surface area contributed by atoms with Crippen LogP contribution in [0.15, 0.2) is 49.3 Å². The van der Waals surface area contributed by atoms with Gasteiger partial charge in [0, 0.05) is 30.4 Å². The largest absolute Gasteiger partial charge is 0.366 e. The number of nitrogens with two attached hydrogens (primary N) is 1. The number of primary amides is 1. The van der Waals surface area contributed by atoms with Crippen LogP contribution in [0.1, 0.15) is 10.4 Å². The van der Waals surface area contributed by atoms with Gasteiger partial charge in [-0.1, -0.05) is 0 Å². The normalized spacial score (nSPS) is 13.9. The molecule has 2 aromatic heterocycles. The fourth-order valence-corrected chi connectivity index (χ4v) is 2.76. The molecule has 27 heavy (non-hydrogen) atoms. The number of aromatic nitrogens is 5. The fraction of sp³-hybridized carbons (Fsp3) is 0.176. The van der Waals surface area contributed by atoms with Crippen LogP contribution in [-0.4, -0.2) is 49.6 Å². The first-order valence-corrected chi connectivity index (χ1v) is 8.23. The lowest BCUT2D eigenvalue weighted by atomic mass is 9.99. The van der Waals surface area contributed by atoms with Crippen LogP contribution >= 0.6 is 0 Å². The number of anilines is 2. The van der Waals surface area contributed by atoms with Gasteiger partial charge >= 0.3 is 0 Å². The van der Waals surface area contributed by atoms with E-state index in [0.717, 1.165) is 5.82 Å². The third-order valence-corrected chi connectivity index (χ3v) is 4.30. The van der Waals surface area contributed by atoms with Gasteiger partial charge in [0.05, 0.1) is 5.92 Å². The molecule has 0 atom stereocenters. The third-order valence-electron chi connectivity index (χ3n) is 4.30. The van der Waals surface area contributed by atoms with Gasteiger partial charge in [0.1, 0.15) is 24.8 Å². The molecule has 10 nitrogen and oxygen atoms in total. The van der Waals surface area contributed by atoms with Gasteiger partial charge in [-0.25, -0.2) is 19.6 Å². The highest BCUT2D eigenvalue weighted by Crippen LogP contribution is 2.24. The number of nitrogens with zero attached hydrogens (tertiary/aromatic N) is 6. The average Bonchev–Trinajstić information content (AvgIpc) is 3.16. The van der Waals surface area contributed by atoms with Crippen molar-refractivity contribution in [3.05, 3.63) is 54.9 Å². The summed E-state index contributed by atoms with van der Waals surface area (Å²) < 4.78 is 1.55. The molecule has 4 rings (SSSR count). The monoisotopic (exact) mass is 364 g/mol. The van der Waals surface area contributed by atoms with Gasteiger partial charge in [-0.3, -0.25) is 9.59 Å². The topological polar surface area (TPSA) is 132 Å². The van der Waals surface area contributed by atoms with Gasteiger partial charge in [-0.15, -0.1) is 0 Å². The number of carbonyl (C=O) groups is 2. The Morgan fingerprint density at radius 2 is 1.81 bits per heavy atom. The summed E-state index contributed by atoms with van der Waals surface area (Å²) >= 11 is 0. The maximum Gasteiger partial charge on any atom is 0.248 e. The van der Waals surface area contributed by atoms with Crippen LogP contribution in [-0.2, 0) is 4.79 Å². The molecule has 0 unspecified atom stereocenters. The summed E-state index contributed by atoms with van der Waals surface area (Å²) in [6.45, 7) is 1.11. The fourth-order valence-electron chi connectivity index (χ4n) is 2.76. The number of rotatable bonds is 5. The zero-order chi connectivity index (χ0) is 18.8. The van der Waals surface area contributed by atoms with Crippen molar-refractivity contribution in [2.75, 3.05) is 23.3 Å². The van der Waals surface area contributed by atoms with E-state index in [-0.39, 0.29) is 11.8 Å². The maximum atomic E-state index is 12.4. The van der Waals surface area contributed by atoms with Crippen molar-refractivity contribution in [1.29, 1.82) is 0 Å². The van der Waals surface area contributed by atoms with Gasteiger partial charge in [-0.2, -0.15) is 5.10 Å². The maximum absolute atomic E-state index is 12.4. The molecule has 2 amide bonds. The predicted molar refractivity (Wildman–Crippen MR) is 96.2 cm³/mol. The molecule has 1 aliphatic heterocycles. The number of hydrogen-bond acceptors (Lipinski definition) is 7. The summed E-state index contributed by atoms with van der Waals surface area (Å²) in [6, 6.07) is 8.27. The summed E-state index contributed by atoms with van der Waals surface area (Å²) in [6.07, 6.45) is 4.45. The second-order valence-corrected chi connectivity index (χ2v) is 6.11. The third kappa shape index (κ3) is 3.45. The molecule has 136 valence electrons. The van der Waals surface area contributed by atoms with Crippen molar-refractivity contribution in [1.82, 2.24) is 24.7 Å². The highest BCUT2D eigenvalue weighted by Gasteiger charge is 2.33. The lowest BCUT2D eigenvalue weighted by Crippen LogP contribution is -2.52. The van der Waals surface area contributed by atoms with Crippen molar-refractivity contribution in [3.8, 4) is 5.82 Å². The second kappa shape index (κ2) is 6.83. The first kappa shape index (κ1) is 16.6. The van der Waals surface area contributed by atoms with Crippen molar-refractivity contribution in [3.63, 3.8) is 0 Å². The molecule has 1 saturated heterocycles. The zero-order valence-corrected chi connectivity index (χ0v) is 14.2. The van der Waals surface area contributed by atoms with E-state index in [4.69, 9.17) is 5.73 Å². The van der Waals surface area contributed by atoms with Crippen LogP contribution in [0, 0.1) is 5.92 Å². The van der Waals surface area contributed by atoms with Crippen LogP contribution < -0.4 is 16.0 Å². The minimum Gasteiger partial charge on any atom is -0.366 e. The molecule has 0 radical (unpaired) electrons. The number of carbonyl (C=O) groups excluding carboxylic acids is 2. The molecule has 1 aliphatic rings. The molecule has 1 fully saturated rings. The van der Waals surface area contributed by atoms with Crippen molar-refractivity contribution in [2.24, 2.45) is 11.7 Å². The molecule has 0 saturated carbocycles. The molecule has 3 N–H and O–H groups in total. The number of amides is 2. The summed E-state index contributed by atoms with van der Waals surface area (Å²) in [5.41, 5.74) is 6.23. The highest BCUT2D eigenvalue weighted by atomic mass is 16.2. The summed E-state index contributed by atoms with van der Waals surface area (Å²) in [4.78, 5) is 37.7. The Kier molecular flexibility index (Phi) is 4.21. The lowest BCUT2D eigenvalue weighted by Gasteiger charge is -2.39. The Morgan fingerprint density at radius 1 is 1.07 bits per heavy atom. The number of hydrogen-bond donors (Lipinski definition) is 2. The molecule has 3 heterocycles. The Labute approximate surface area is 154 Å². The van der Waals surface area contributed by atoms with Crippen molar-refractivity contribution >= 4 is 23.3 Å². The zero-order valence-electron chi connectivity index (χ0n) is 14.2. The van der Waals surface area contributed by atoms with Crippen molar-refractivity contribution in [2.45, 2.75) is 0 Å². The van der Waals surface area contributed by atoms with Gasteiger partial charge in [0.25, 0.3) is 0 Å². The summed E-state index contributed by atoms with van der Waals surface area (Å²) in [5.74, 6) is 0.608. The van der Waals surface area contributed by atoms with Crippen LogP contribution in [0.4, 0.5) is 11.5 Å². The van der Waals surface area contributed by atoms with E-state index in [1.807, 2.05) is 4.90 Å². The van der Waals surface area contributed by atoms with E-state index >= 15 is 0 Å². The van der Waals surface area contributed by atoms with E-state index in [0.29, 0.717) is 30.2 Å². The van der Waals surface area contributed by atoms with E-state index in [1.54, 1.807) is 41.3 Å². The quantitative estimate of drug-likeness (QED) is 0.662. The minimum atomic E-state index is -0.502. The Morgan fingerprint density at radius 3 is 2.48 bits per heavy atom. The molecule has 0 spiro atoms. The standard InChI is InChI=1S/C17H16N8O2/c18-16(26)11-1-3-13(4-2-11)23-17(27)12-6-24(7-12)14-5-15(21-9-20-14)25-10-19-8-22-25/h1-5,8-10,12H,6-7H2,(H2,18,26)(H,23,27). The molecular weight excluding hydrogens is 348 g/mol. The lowest BCUT2D eigenvalue weighted by molar-refractivity contribution is -0.120. The Hall–Kier alpha value is -3.82. The summed E-state index contributed by atoms with van der Waals surface area (Å²) in [7, 11) is 0. The Bertz CT molecular complexity index is 965. The van der Waals surface area contributed by atoms with E-state index in [1.165, 1.54) is 12.7 Å². The van der Waals surface area contributed by atoms with Crippen LogP contribution in [0.5, 0.6) is 0 Å². The van der Waals surface area contributed by atoms with Crippen molar-refractivity contribution < 1.29 is 9.59 Å². The average molecular weight is 364 g/mol. The van der Waals surface area contributed by atoms with Gasteiger partial charge in [-0.05, 0) is 24.3 Å². The SMILES string of the molecule is NC(=O)c1ccc(NC(=O)C2CN(c3cc(-n4cncn4)ncn3)C2)cc1. The first-order valence-electron chi connectivity index (χ1n) is 8.23. The Balaban J connectivity index is 1.36. The second-order valence-electron chi connectivity index (χ2n) is 6.11. The molecule has 10 heteroatoms. The van der Waals surface area contributed by atoms with E-state index < -0.39 is 5.91 Å².